The van der Waals surface area contributed by atoms with Gasteiger partial charge in [-0.1, -0.05) is 23.2 Å². The molecule has 0 atom stereocenters. The van der Waals surface area contributed by atoms with Gasteiger partial charge < -0.3 is 25.0 Å². The number of methoxy groups -OCH3 is 2. The molecule has 1 aliphatic heterocycles. The molecular weight excluding hydrogens is 533 g/mol. The number of amides is 2. The third kappa shape index (κ3) is 6.70. The van der Waals surface area contributed by atoms with E-state index in [1.165, 1.54) is 31.8 Å². The van der Waals surface area contributed by atoms with Crippen LogP contribution in [0.25, 0.3) is 11.3 Å². The maximum atomic E-state index is 12.5. The van der Waals surface area contributed by atoms with Crippen molar-refractivity contribution in [3.05, 3.63) is 41.0 Å². The van der Waals surface area contributed by atoms with Crippen LogP contribution in [0.3, 0.4) is 0 Å². The third-order valence-electron chi connectivity index (χ3n) is 6.14. The minimum atomic E-state index is -0.348. The molecule has 3 heterocycles. The molecule has 0 radical (unpaired) electrons. The van der Waals surface area contributed by atoms with E-state index in [-0.39, 0.29) is 16.1 Å². The number of aromatic nitrogens is 4. The third-order valence-corrected chi connectivity index (χ3v) is 6.89. The van der Waals surface area contributed by atoms with Crippen LogP contribution in [0, 0.1) is 0 Å². The summed E-state index contributed by atoms with van der Waals surface area (Å²) in [6, 6.07) is 2.87. The Morgan fingerprint density at radius 3 is 2.45 bits per heavy atom. The second-order valence-electron chi connectivity index (χ2n) is 8.66. The number of likely N-dealkylation sites (N-methyl/N-ethyl adjacent to an activating group) is 1. The van der Waals surface area contributed by atoms with Gasteiger partial charge in [0.1, 0.15) is 45.8 Å². The van der Waals surface area contributed by atoms with Crippen LogP contribution in [-0.2, 0) is 0 Å². The Morgan fingerprint density at radius 1 is 1.05 bits per heavy atom. The van der Waals surface area contributed by atoms with Gasteiger partial charge in [0.05, 0.1) is 51.3 Å². The fourth-order valence-corrected chi connectivity index (χ4v) is 4.55. The molecule has 0 unspecified atom stereocenters. The number of carbonyl (C=O) groups excluding carboxylic acids is 1. The molecular formula is C24H30Cl2N9O3+. The number of anilines is 3. The lowest BCUT2D eigenvalue weighted by molar-refractivity contribution is -0.884. The van der Waals surface area contributed by atoms with Gasteiger partial charge in [0.2, 0.25) is 0 Å². The minimum absolute atomic E-state index is 0.252. The maximum Gasteiger partial charge on any atom is 0.320 e. The van der Waals surface area contributed by atoms with Crippen molar-refractivity contribution in [2.45, 2.75) is 0 Å². The monoisotopic (exact) mass is 562 g/mol. The molecule has 0 spiro atoms. The van der Waals surface area contributed by atoms with Gasteiger partial charge in [-0.3, -0.25) is 10.2 Å². The van der Waals surface area contributed by atoms with Crippen LogP contribution in [0.1, 0.15) is 0 Å². The fraction of sp³-hybridized carbons (Fsp3) is 0.375. The number of hydrogen-bond donors (Lipinski definition) is 4. The molecule has 1 saturated heterocycles. The van der Waals surface area contributed by atoms with Crippen LogP contribution in [0.5, 0.6) is 11.5 Å². The number of urea groups is 1. The number of ether oxygens (including phenoxy) is 2. The standard InChI is InChI=1S/C24H29Cl2N9O3/c1-34-6-8-35(9-7-34)5-4-28-24(36)32-19-10-16(29-14-30-19)15-12-27-13-31-23(15)33-22-20(25)17(37-2)11-18(38-3)21(22)26/h10-14H,4-9H2,1-3H3,(H,27,31,33)(H2,28,29,30,32,36)/p+1. The summed E-state index contributed by atoms with van der Waals surface area (Å²) in [5.41, 5.74) is 1.35. The molecule has 2 aromatic heterocycles. The summed E-state index contributed by atoms with van der Waals surface area (Å²) in [6.45, 7) is 5.61. The van der Waals surface area contributed by atoms with E-state index in [0.29, 0.717) is 46.6 Å². The summed E-state index contributed by atoms with van der Waals surface area (Å²) >= 11 is 13.0. The van der Waals surface area contributed by atoms with E-state index in [0.717, 1.165) is 32.7 Å². The van der Waals surface area contributed by atoms with Crippen LogP contribution in [-0.4, -0.2) is 91.4 Å². The van der Waals surface area contributed by atoms with Gasteiger partial charge in [-0.2, -0.15) is 0 Å². The number of benzene rings is 1. The van der Waals surface area contributed by atoms with Gasteiger partial charge in [0, 0.05) is 44.5 Å². The molecule has 1 fully saturated rings. The first-order valence-corrected chi connectivity index (χ1v) is 12.7. The van der Waals surface area contributed by atoms with Crippen LogP contribution < -0.4 is 30.3 Å². The first-order chi connectivity index (χ1) is 18.4. The first kappa shape index (κ1) is 27.6. The Bertz CT molecular complexity index is 1240. The molecule has 0 bridgehead atoms. The van der Waals surface area contributed by atoms with Crippen molar-refractivity contribution in [2.24, 2.45) is 0 Å². The molecule has 0 aliphatic carbocycles. The molecule has 2 amide bonds. The number of carbonyl (C=O) groups is 1. The molecule has 4 rings (SSSR count). The van der Waals surface area contributed by atoms with E-state index in [4.69, 9.17) is 32.7 Å². The van der Waals surface area contributed by atoms with Crippen molar-refractivity contribution in [3.8, 4) is 22.8 Å². The molecule has 3 aromatic rings. The van der Waals surface area contributed by atoms with Gasteiger partial charge >= 0.3 is 6.03 Å². The summed E-state index contributed by atoms with van der Waals surface area (Å²) < 4.78 is 10.7. The van der Waals surface area contributed by atoms with Gasteiger partial charge in [0.25, 0.3) is 0 Å². The molecule has 4 N–H and O–H groups in total. The summed E-state index contributed by atoms with van der Waals surface area (Å²) in [5, 5.41) is 9.27. The van der Waals surface area contributed by atoms with Crippen LogP contribution in [0.4, 0.5) is 22.1 Å². The zero-order valence-corrected chi connectivity index (χ0v) is 22.9. The SMILES string of the molecule is COc1cc(OC)c(Cl)c(Nc2ncncc2-c2cc(NC(=O)NCCN3CC[NH+](C)CC3)ncn2)c1Cl. The lowest BCUT2D eigenvalue weighted by Crippen LogP contribution is -3.12. The average Bonchev–Trinajstić information content (AvgIpc) is 2.93. The second-order valence-corrected chi connectivity index (χ2v) is 9.42. The normalized spacial score (nSPS) is 14.1. The molecule has 202 valence electrons. The zero-order chi connectivity index (χ0) is 27.1. The Morgan fingerprint density at radius 2 is 1.76 bits per heavy atom. The first-order valence-electron chi connectivity index (χ1n) is 12.0. The summed E-state index contributed by atoms with van der Waals surface area (Å²) in [5.74, 6) is 1.45. The van der Waals surface area contributed by atoms with E-state index in [1.807, 2.05) is 0 Å². The molecule has 12 nitrogen and oxygen atoms in total. The van der Waals surface area contributed by atoms with E-state index < -0.39 is 0 Å². The molecule has 14 heteroatoms. The van der Waals surface area contributed by atoms with E-state index in [9.17, 15) is 4.79 Å². The summed E-state index contributed by atoms with van der Waals surface area (Å²) in [4.78, 5) is 33.3. The molecule has 1 aliphatic rings. The molecule has 1 aromatic carbocycles. The average molecular weight is 563 g/mol. The van der Waals surface area contributed by atoms with E-state index >= 15 is 0 Å². The highest BCUT2D eigenvalue weighted by Crippen LogP contribution is 2.45. The second kappa shape index (κ2) is 12.9. The topological polar surface area (TPSA) is 131 Å². The van der Waals surface area contributed by atoms with Crippen molar-refractivity contribution in [2.75, 3.05) is 71.2 Å². The van der Waals surface area contributed by atoms with Crippen LogP contribution in [0.2, 0.25) is 10.0 Å². The number of piperazine rings is 1. The molecule has 38 heavy (non-hydrogen) atoms. The Kier molecular flexibility index (Phi) is 9.34. The number of nitrogens with one attached hydrogen (secondary N) is 4. The Hall–Kier alpha value is -3.45. The lowest BCUT2D eigenvalue weighted by atomic mass is 10.2. The van der Waals surface area contributed by atoms with Gasteiger partial charge in [-0.15, -0.1) is 0 Å². The lowest BCUT2D eigenvalue weighted by Gasteiger charge is -2.29. The van der Waals surface area contributed by atoms with E-state index in [2.05, 4.69) is 47.8 Å². The van der Waals surface area contributed by atoms with Crippen molar-refractivity contribution < 1.29 is 19.2 Å². The fourth-order valence-electron chi connectivity index (χ4n) is 3.95. The number of nitrogens with zero attached hydrogens (tertiary/aromatic N) is 5. The predicted octanol–water partition coefficient (Wildman–Crippen LogP) is 1.95. The molecule has 0 saturated carbocycles. The van der Waals surface area contributed by atoms with Gasteiger partial charge in [0.15, 0.2) is 0 Å². The maximum absolute atomic E-state index is 12.5. The highest BCUT2D eigenvalue weighted by atomic mass is 35.5. The highest BCUT2D eigenvalue weighted by molar-refractivity contribution is 6.41. The van der Waals surface area contributed by atoms with Crippen molar-refractivity contribution in [3.63, 3.8) is 0 Å². The summed E-state index contributed by atoms with van der Waals surface area (Å²) in [6.07, 6.45) is 4.31. The zero-order valence-electron chi connectivity index (χ0n) is 21.3. The predicted molar refractivity (Wildman–Crippen MR) is 146 cm³/mol. The number of quaternary nitrogens is 1. The number of hydrogen-bond acceptors (Lipinski definition) is 9. The minimum Gasteiger partial charge on any atom is -0.495 e. The van der Waals surface area contributed by atoms with Crippen molar-refractivity contribution >= 4 is 46.6 Å². The Balaban J connectivity index is 1.47. The van der Waals surface area contributed by atoms with E-state index in [1.54, 1.807) is 18.3 Å². The smallest absolute Gasteiger partial charge is 0.320 e. The van der Waals surface area contributed by atoms with Crippen LogP contribution >= 0.6 is 23.2 Å². The highest BCUT2D eigenvalue weighted by Gasteiger charge is 2.20. The van der Waals surface area contributed by atoms with Crippen molar-refractivity contribution in [1.29, 1.82) is 0 Å². The number of halogens is 2. The largest absolute Gasteiger partial charge is 0.495 e. The van der Waals surface area contributed by atoms with Gasteiger partial charge in [-0.25, -0.2) is 24.7 Å². The van der Waals surface area contributed by atoms with Crippen molar-refractivity contribution in [1.82, 2.24) is 30.2 Å². The van der Waals surface area contributed by atoms with Gasteiger partial charge in [-0.05, 0) is 0 Å². The quantitative estimate of drug-likeness (QED) is 0.309. The summed E-state index contributed by atoms with van der Waals surface area (Å²) in [7, 11) is 5.18. The number of rotatable bonds is 9. The van der Waals surface area contributed by atoms with Crippen LogP contribution in [0.15, 0.2) is 31.0 Å². The Labute approximate surface area is 230 Å².